The van der Waals surface area contributed by atoms with Gasteiger partial charge in [0.05, 0.1) is 5.52 Å². The smallest absolute Gasteiger partial charge is 0.216 e. The van der Waals surface area contributed by atoms with Crippen LogP contribution in [0.25, 0.3) is 10.9 Å². The van der Waals surface area contributed by atoms with Gasteiger partial charge in [-0.2, -0.15) is 0 Å². The Morgan fingerprint density at radius 3 is 2.80 bits per heavy atom. The fraction of sp³-hybridized carbons (Fsp3) is 0.286. The van der Waals surface area contributed by atoms with Crippen LogP contribution in [0.3, 0.4) is 0 Å². The lowest BCUT2D eigenvalue weighted by Gasteiger charge is -2.18. The summed E-state index contributed by atoms with van der Waals surface area (Å²) in [6, 6.07) is 8.59. The number of nitrogens with one attached hydrogen (secondary N) is 1. The molecule has 2 unspecified atom stereocenters. The number of carbonyl (C=O) groups is 1. The summed E-state index contributed by atoms with van der Waals surface area (Å²) in [5.41, 5.74) is 1.27. The summed E-state index contributed by atoms with van der Waals surface area (Å²) >= 11 is 5.80. The summed E-state index contributed by atoms with van der Waals surface area (Å²) in [6.45, 7) is 1.35. The molecular formula is C14H15ClN2O3. The number of aliphatic hydroxyl groups is 2. The Kier molecular flexibility index (Phi) is 4.54. The number of amides is 1. The standard InChI is InChI=1S/C14H15ClN2O3/c1-8(18)16-7-12(19)14(20)10-2-4-11-9(6-10)3-5-13(15)17-11/h2-6,12,14,19-20H,7H2,1H3,(H,16,18). The zero-order valence-corrected chi connectivity index (χ0v) is 11.6. The average molecular weight is 295 g/mol. The number of carbonyl (C=O) groups excluding carboxylic acids is 1. The molecule has 1 aromatic carbocycles. The molecule has 1 heterocycles. The molecule has 5 nitrogen and oxygen atoms in total. The molecule has 3 N–H and O–H groups in total. The second kappa shape index (κ2) is 6.17. The molecule has 0 aliphatic rings. The van der Waals surface area contributed by atoms with E-state index in [2.05, 4.69) is 10.3 Å². The van der Waals surface area contributed by atoms with E-state index in [1.807, 2.05) is 0 Å². The van der Waals surface area contributed by atoms with E-state index in [0.717, 1.165) is 5.39 Å². The number of pyridine rings is 1. The summed E-state index contributed by atoms with van der Waals surface area (Å²) in [5.74, 6) is -0.256. The third-order valence-electron chi connectivity index (χ3n) is 2.95. The van der Waals surface area contributed by atoms with Gasteiger partial charge in [-0.05, 0) is 29.8 Å². The predicted molar refractivity (Wildman–Crippen MR) is 76.4 cm³/mol. The number of aromatic nitrogens is 1. The number of aliphatic hydroxyl groups excluding tert-OH is 2. The fourth-order valence-corrected chi connectivity index (χ4v) is 2.04. The Morgan fingerprint density at radius 1 is 1.35 bits per heavy atom. The highest BCUT2D eigenvalue weighted by molar-refractivity contribution is 6.29. The van der Waals surface area contributed by atoms with Crippen molar-refractivity contribution in [3.8, 4) is 0 Å². The minimum Gasteiger partial charge on any atom is -0.388 e. The molecule has 0 aliphatic heterocycles. The van der Waals surface area contributed by atoms with E-state index in [0.29, 0.717) is 16.2 Å². The molecule has 6 heteroatoms. The van der Waals surface area contributed by atoms with Gasteiger partial charge < -0.3 is 15.5 Å². The Bertz CT molecular complexity index is 633. The van der Waals surface area contributed by atoms with Crippen molar-refractivity contribution in [2.24, 2.45) is 0 Å². The van der Waals surface area contributed by atoms with E-state index >= 15 is 0 Å². The molecule has 106 valence electrons. The van der Waals surface area contributed by atoms with Crippen LogP contribution >= 0.6 is 11.6 Å². The van der Waals surface area contributed by atoms with Crippen LogP contribution in [-0.2, 0) is 4.79 Å². The largest absolute Gasteiger partial charge is 0.388 e. The summed E-state index contributed by atoms with van der Waals surface area (Å²) in [7, 11) is 0. The van der Waals surface area contributed by atoms with Gasteiger partial charge in [-0.1, -0.05) is 17.7 Å². The van der Waals surface area contributed by atoms with Crippen molar-refractivity contribution in [3.63, 3.8) is 0 Å². The maximum Gasteiger partial charge on any atom is 0.216 e. The lowest BCUT2D eigenvalue weighted by molar-refractivity contribution is -0.119. The van der Waals surface area contributed by atoms with Crippen LogP contribution in [0.2, 0.25) is 5.15 Å². The van der Waals surface area contributed by atoms with E-state index in [1.165, 1.54) is 6.92 Å². The molecule has 1 amide bonds. The van der Waals surface area contributed by atoms with Crippen LogP contribution in [0.4, 0.5) is 0 Å². The molecule has 1 aromatic heterocycles. The highest BCUT2D eigenvalue weighted by atomic mass is 35.5. The van der Waals surface area contributed by atoms with Gasteiger partial charge in [-0.25, -0.2) is 4.98 Å². The number of hydrogen-bond donors (Lipinski definition) is 3. The Balaban J connectivity index is 2.19. The van der Waals surface area contributed by atoms with Gasteiger partial charge in [-0.3, -0.25) is 4.79 Å². The van der Waals surface area contributed by atoms with E-state index < -0.39 is 12.2 Å². The Hall–Kier alpha value is -1.69. The third-order valence-corrected chi connectivity index (χ3v) is 3.16. The van der Waals surface area contributed by atoms with Crippen molar-refractivity contribution in [1.29, 1.82) is 0 Å². The molecule has 0 fully saturated rings. The summed E-state index contributed by atoms with van der Waals surface area (Å²) in [6.07, 6.45) is -2.15. The van der Waals surface area contributed by atoms with Crippen molar-refractivity contribution in [1.82, 2.24) is 10.3 Å². The molecule has 2 aromatic rings. The van der Waals surface area contributed by atoms with Gasteiger partial charge in [0, 0.05) is 18.9 Å². The van der Waals surface area contributed by atoms with Gasteiger partial charge in [0.1, 0.15) is 17.4 Å². The lowest BCUT2D eigenvalue weighted by atomic mass is 10.0. The van der Waals surface area contributed by atoms with Crippen molar-refractivity contribution < 1.29 is 15.0 Å². The first-order valence-electron chi connectivity index (χ1n) is 6.14. The Morgan fingerprint density at radius 2 is 2.10 bits per heavy atom. The number of nitrogens with zero attached hydrogens (tertiary/aromatic N) is 1. The maximum atomic E-state index is 10.8. The molecular weight excluding hydrogens is 280 g/mol. The highest BCUT2D eigenvalue weighted by Crippen LogP contribution is 2.22. The summed E-state index contributed by atoms with van der Waals surface area (Å²) in [4.78, 5) is 14.9. The molecule has 0 saturated carbocycles. The molecule has 0 aliphatic carbocycles. The SMILES string of the molecule is CC(=O)NCC(O)C(O)c1ccc2nc(Cl)ccc2c1. The number of benzene rings is 1. The van der Waals surface area contributed by atoms with E-state index in [1.54, 1.807) is 30.3 Å². The summed E-state index contributed by atoms with van der Waals surface area (Å²) < 4.78 is 0. The normalized spacial score (nSPS) is 14.0. The van der Waals surface area contributed by atoms with E-state index in [9.17, 15) is 15.0 Å². The van der Waals surface area contributed by atoms with Crippen LogP contribution in [-0.4, -0.2) is 33.8 Å². The first kappa shape index (κ1) is 14.7. The summed E-state index contributed by atoms with van der Waals surface area (Å²) in [5, 5.41) is 23.6. The zero-order valence-electron chi connectivity index (χ0n) is 10.9. The number of rotatable bonds is 4. The maximum absolute atomic E-state index is 10.8. The molecule has 0 spiro atoms. The van der Waals surface area contributed by atoms with Gasteiger partial charge in [0.25, 0.3) is 0 Å². The van der Waals surface area contributed by atoms with Crippen LogP contribution < -0.4 is 5.32 Å². The predicted octanol–water partition coefficient (Wildman–Crippen LogP) is 1.42. The minimum atomic E-state index is -1.08. The molecule has 0 saturated heterocycles. The lowest BCUT2D eigenvalue weighted by Crippen LogP contribution is -2.34. The topological polar surface area (TPSA) is 82.5 Å². The van der Waals surface area contributed by atoms with Gasteiger partial charge in [-0.15, -0.1) is 0 Å². The first-order valence-corrected chi connectivity index (χ1v) is 6.52. The van der Waals surface area contributed by atoms with Gasteiger partial charge in [0.15, 0.2) is 0 Å². The van der Waals surface area contributed by atoms with Crippen LogP contribution in [0.15, 0.2) is 30.3 Å². The van der Waals surface area contributed by atoms with Gasteiger partial charge in [0.2, 0.25) is 5.91 Å². The molecule has 2 rings (SSSR count). The van der Waals surface area contributed by atoms with Crippen molar-refractivity contribution >= 4 is 28.4 Å². The highest BCUT2D eigenvalue weighted by Gasteiger charge is 2.18. The minimum absolute atomic E-state index is 0.00654. The zero-order chi connectivity index (χ0) is 14.7. The van der Waals surface area contributed by atoms with E-state index in [4.69, 9.17) is 11.6 Å². The van der Waals surface area contributed by atoms with E-state index in [-0.39, 0.29) is 12.5 Å². The van der Waals surface area contributed by atoms with Gasteiger partial charge >= 0.3 is 0 Å². The number of hydrogen-bond acceptors (Lipinski definition) is 4. The average Bonchev–Trinajstić information content (AvgIpc) is 2.43. The third kappa shape index (κ3) is 3.45. The quantitative estimate of drug-likeness (QED) is 0.745. The monoisotopic (exact) mass is 294 g/mol. The molecule has 0 bridgehead atoms. The second-order valence-corrected chi connectivity index (χ2v) is 4.92. The van der Waals surface area contributed by atoms with Crippen LogP contribution in [0.1, 0.15) is 18.6 Å². The van der Waals surface area contributed by atoms with Crippen molar-refractivity contribution in [2.45, 2.75) is 19.1 Å². The Labute approximate surface area is 121 Å². The second-order valence-electron chi connectivity index (χ2n) is 4.54. The van der Waals surface area contributed by atoms with Crippen molar-refractivity contribution in [3.05, 3.63) is 41.0 Å². The van der Waals surface area contributed by atoms with Crippen LogP contribution in [0, 0.1) is 0 Å². The van der Waals surface area contributed by atoms with Crippen LogP contribution in [0.5, 0.6) is 0 Å². The fourth-order valence-electron chi connectivity index (χ4n) is 1.89. The number of halogens is 1. The number of fused-ring (bicyclic) bond motifs is 1. The molecule has 0 radical (unpaired) electrons. The molecule has 2 atom stereocenters. The first-order chi connectivity index (χ1) is 9.47. The molecule has 20 heavy (non-hydrogen) atoms. The van der Waals surface area contributed by atoms with Crippen molar-refractivity contribution in [2.75, 3.05) is 6.54 Å².